The van der Waals surface area contributed by atoms with Crippen LogP contribution in [0.15, 0.2) is 66.0 Å². The maximum Gasteiger partial charge on any atom is 0.257 e. The number of carbonyl (C=O) groups excluding carboxylic acids is 2. The number of thiophene rings is 1. The van der Waals surface area contributed by atoms with E-state index in [1.807, 2.05) is 73.0 Å². The van der Waals surface area contributed by atoms with Crippen LogP contribution in [0.25, 0.3) is 10.1 Å². The number of hydrogen-bond acceptors (Lipinski definition) is 4. The lowest BCUT2D eigenvalue weighted by atomic mass is 9.92. The van der Waals surface area contributed by atoms with Gasteiger partial charge in [-0.3, -0.25) is 9.59 Å². The number of hydrogen-bond donors (Lipinski definition) is 3. The summed E-state index contributed by atoms with van der Waals surface area (Å²) in [6.07, 6.45) is 0. The molecule has 0 saturated heterocycles. The minimum absolute atomic E-state index is 0.157. The van der Waals surface area contributed by atoms with Gasteiger partial charge in [0.1, 0.15) is 0 Å². The second-order valence-electron chi connectivity index (χ2n) is 7.67. The first-order valence-corrected chi connectivity index (χ1v) is 11.0. The first-order chi connectivity index (χ1) is 15.1. The van der Waals surface area contributed by atoms with E-state index in [1.165, 1.54) is 11.3 Å². The van der Waals surface area contributed by atoms with Crippen molar-refractivity contribution >= 4 is 38.9 Å². The zero-order chi connectivity index (χ0) is 21.5. The number of amides is 2. The number of benzene rings is 3. The first-order valence-electron chi connectivity index (χ1n) is 10.1. The third-order valence-corrected chi connectivity index (χ3v) is 6.72. The monoisotopic (exact) mass is 427 g/mol. The van der Waals surface area contributed by atoms with Crippen LogP contribution in [-0.2, 0) is 6.54 Å². The quantitative estimate of drug-likeness (QED) is 0.439. The number of rotatable bonds is 4. The van der Waals surface area contributed by atoms with Gasteiger partial charge in [0.15, 0.2) is 0 Å². The van der Waals surface area contributed by atoms with Gasteiger partial charge in [-0.05, 0) is 41.8 Å². The molecular weight excluding hydrogens is 406 g/mol. The second kappa shape index (κ2) is 7.65. The molecule has 0 fully saturated rings. The van der Waals surface area contributed by atoms with E-state index in [4.69, 9.17) is 5.73 Å². The van der Waals surface area contributed by atoms with E-state index in [0.717, 1.165) is 32.3 Å². The van der Waals surface area contributed by atoms with Crippen LogP contribution in [-0.4, -0.2) is 11.8 Å². The average molecular weight is 428 g/mol. The lowest BCUT2D eigenvalue weighted by molar-refractivity contribution is 0.0959. The number of nitrogens with one attached hydrogen (secondary N) is 2. The first kappa shape index (κ1) is 19.5. The summed E-state index contributed by atoms with van der Waals surface area (Å²) >= 11 is 1.54. The zero-order valence-electron chi connectivity index (χ0n) is 16.9. The summed E-state index contributed by atoms with van der Waals surface area (Å²) in [5, 5.41) is 8.94. The van der Waals surface area contributed by atoms with Gasteiger partial charge in [0.25, 0.3) is 11.8 Å². The molecule has 1 unspecified atom stereocenters. The number of fused-ring (bicyclic) bond motifs is 2. The highest BCUT2D eigenvalue weighted by Gasteiger charge is 2.34. The SMILES string of the molecule is Cc1ccccc1C1NC(=O)c2cc(CN)cc(NC(=O)c3csc4ccccc34)c21. The van der Waals surface area contributed by atoms with Crippen molar-refractivity contribution in [2.45, 2.75) is 19.5 Å². The maximum atomic E-state index is 13.2. The third-order valence-electron chi connectivity index (χ3n) is 5.76. The Morgan fingerprint density at radius 3 is 2.71 bits per heavy atom. The molecule has 4 N–H and O–H groups in total. The van der Waals surface area contributed by atoms with Crippen molar-refractivity contribution in [1.29, 1.82) is 0 Å². The van der Waals surface area contributed by atoms with Crippen molar-refractivity contribution in [3.05, 3.63) is 99.4 Å². The highest BCUT2D eigenvalue weighted by Crippen LogP contribution is 2.39. The number of aryl methyl sites for hydroxylation is 1. The average Bonchev–Trinajstić information content (AvgIpc) is 3.35. The van der Waals surface area contributed by atoms with Crippen molar-refractivity contribution in [1.82, 2.24) is 5.32 Å². The van der Waals surface area contributed by atoms with Crippen LogP contribution < -0.4 is 16.4 Å². The van der Waals surface area contributed by atoms with Crippen LogP contribution in [0.2, 0.25) is 0 Å². The Balaban J connectivity index is 1.61. The summed E-state index contributed by atoms with van der Waals surface area (Å²) in [4.78, 5) is 26.0. The van der Waals surface area contributed by atoms with Crippen molar-refractivity contribution < 1.29 is 9.59 Å². The molecule has 0 bridgehead atoms. The molecule has 0 spiro atoms. The molecule has 0 saturated carbocycles. The van der Waals surface area contributed by atoms with Gasteiger partial charge in [0, 0.05) is 38.8 Å². The van der Waals surface area contributed by atoms with E-state index < -0.39 is 0 Å². The van der Waals surface area contributed by atoms with Gasteiger partial charge in [-0.15, -0.1) is 11.3 Å². The number of nitrogens with two attached hydrogens (primary N) is 1. The Morgan fingerprint density at radius 1 is 1.13 bits per heavy atom. The molecule has 0 radical (unpaired) electrons. The lowest BCUT2D eigenvalue weighted by Crippen LogP contribution is -2.21. The fourth-order valence-electron chi connectivity index (χ4n) is 4.20. The van der Waals surface area contributed by atoms with Crippen molar-refractivity contribution in [2.24, 2.45) is 5.73 Å². The molecule has 5 rings (SSSR count). The van der Waals surface area contributed by atoms with E-state index in [-0.39, 0.29) is 24.4 Å². The van der Waals surface area contributed by atoms with Gasteiger partial charge in [-0.25, -0.2) is 0 Å². The molecule has 0 aliphatic carbocycles. The van der Waals surface area contributed by atoms with Gasteiger partial charge >= 0.3 is 0 Å². The van der Waals surface area contributed by atoms with Gasteiger partial charge < -0.3 is 16.4 Å². The molecule has 3 aromatic carbocycles. The fraction of sp³-hybridized carbons (Fsp3) is 0.120. The van der Waals surface area contributed by atoms with Crippen LogP contribution in [0.1, 0.15) is 49.0 Å². The minimum atomic E-state index is -0.329. The lowest BCUT2D eigenvalue weighted by Gasteiger charge is -2.19. The van der Waals surface area contributed by atoms with E-state index >= 15 is 0 Å². The van der Waals surface area contributed by atoms with Crippen molar-refractivity contribution in [2.75, 3.05) is 5.32 Å². The Morgan fingerprint density at radius 2 is 1.90 bits per heavy atom. The van der Waals surface area contributed by atoms with E-state index in [0.29, 0.717) is 16.8 Å². The molecule has 4 aromatic rings. The number of carbonyl (C=O) groups is 2. The van der Waals surface area contributed by atoms with E-state index in [1.54, 1.807) is 0 Å². The van der Waals surface area contributed by atoms with Gasteiger partial charge in [0.2, 0.25) is 0 Å². The summed E-state index contributed by atoms with van der Waals surface area (Å²) in [5.74, 6) is -0.355. The summed E-state index contributed by atoms with van der Waals surface area (Å²) in [5.41, 5.74) is 11.3. The van der Waals surface area contributed by atoms with Crippen LogP contribution in [0.5, 0.6) is 0 Å². The molecule has 1 aromatic heterocycles. The smallest absolute Gasteiger partial charge is 0.257 e. The summed E-state index contributed by atoms with van der Waals surface area (Å²) in [7, 11) is 0. The summed E-state index contributed by atoms with van der Waals surface area (Å²) in [6.45, 7) is 2.29. The standard InChI is InChI=1S/C25H21N3O2S/c1-14-6-2-3-7-16(14)23-22-18(24(29)28-23)10-15(12-26)11-20(22)27-25(30)19-13-31-21-9-5-4-8-17(19)21/h2-11,13,23H,12,26H2,1H3,(H,27,30)(H,28,29). The third kappa shape index (κ3) is 3.30. The molecule has 2 amide bonds. The summed E-state index contributed by atoms with van der Waals surface area (Å²) in [6, 6.07) is 19.1. The highest BCUT2D eigenvalue weighted by molar-refractivity contribution is 7.17. The topological polar surface area (TPSA) is 84.2 Å². The zero-order valence-corrected chi connectivity index (χ0v) is 17.8. The van der Waals surface area contributed by atoms with Gasteiger partial charge in [-0.2, -0.15) is 0 Å². The minimum Gasteiger partial charge on any atom is -0.341 e. The molecule has 1 aliphatic rings. The highest BCUT2D eigenvalue weighted by atomic mass is 32.1. The molecule has 31 heavy (non-hydrogen) atoms. The predicted octanol–water partition coefficient (Wildman–Crippen LogP) is 4.75. The van der Waals surface area contributed by atoms with Gasteiger partial charge in [0.05, 0.1) is 11.6 Å². The van der Waals surface area contributed by atoms with Gasteiger partial charge in [-0.1, -0.05) is 42.5 Å². The Labute approximate surface area is 183 Å². The molecule has 5 nitrogen and oxygen atoms in total. The molecule has 6 heteroatoms. The van der Waals surface area contributed by atoms with Crippen LogP contribution in [0.3, 0.4) is 0 Å². The molecular formula is C25H21N3O2S. The maximum absolute atomic E-state index is 13.2. The normalized spacial score (nSPS) is 15.0. The molecule has 1 atom stereocenters. The molecule has 154 valence electrons. The largest absolute Gasteiger partial charge is 0.341 e. The summed E-state index contributed by atoms with van der Waals surface area (Å²) < 4.78 is 1.06. The number of anilines is 1. The second-order valence-corrected chi connectivity index (χ2v) is 8.58. The van der Waals surface area contributed by atoms with Crippen molar-refractivity contribution in [3.8, 4) is 0 Å². The van der Waals surface area contributed by atoms with E-state index in [9.17, 15) is 9.59 Å². The van der Waals surface area contributed by atoms with Crippen LogP contribution >= 0.6 is 11.3 Å². The van der Waals surface area contributed by atoms with Crippen LogP contribution in [0, 0.1) is 6.92 Å². The Bertz CT molecular complexity index is 1340. The predicted molar refractivity (Wildman–Crippen MR) is 125 cm³/mol. The molecule has 1 aliphatic heterocycles. The fourth-order valence-corrected chi connectivity index (χ4v) is 5.14. The Kier molecular flexibility index (Phi) is 4.81. The molecule has 2 heterocycles. The van der Waals surface area contributed by atoms with E-state index in [2.05, 4.69) is 10.6 Å². The van der Waals surface area contributed by atoms with Crippen LogP contribution in [0.4, 0.5) is 5.69 Å². The van der Waals surface area contributed by atoms with Crippen molar-refractivity contribution in [3.63, 3.8) is 0 Å². The Hall–Kier alpha value is -3.48.